The summed E-state index contributed by atoms with van der Waals surface area (Å²) in [6, 6.07) is 6.36. The second kappa shape index (κ2) is 9.48. The number of anilines is 1. The molecule has 1 aliphatic heterocycles. The molecule has 0 aliphatic carbocycles. The molecule has 0 spiro atoms. The lowest BCUT2D eigenvalue weighted by atomic mass is 10.1. The van der Waals surface area contributed by atoms with E-state index in [1.54, 1.807) is 22.7 Å². The molecule has 1 saturated heterocycles. The van der Waals surface area contributed by atoms with E-state index in [1.807, 2.05) is 12.1 Å². The molecule has 0 aromatic carbocycles. The van der Waals surface area contributed by atoms with Crippen LogP contribution in [0, 0.1) is 0 Å². The van der Waals surface area contributed by atoms with E-state index in [2.05, 4.69) is 39.8 Å². The molecule has 138 valence electrons. The zero-order valence-corrected chi connectivity index (χ0v) is 16.8. The van der Waals surface area contributed by atoms with Gasteiger partial charge in [0.1, 0.15) is 5.15 Å². The van der Waals surface area contributed by atoms with Gasteiger partial charge in [0.05, 0.1) is 22.5 Å². The van der Waals surface area contributed by atoms with E-state index in [0.29, 0.717) is 11.2 Å². The molecule has 1 atom stereocenters. The van der Waals surface area contributed by atoms with Gasteiger partial charge >= 0.3 is 0 Å². The quantitative estimate of drug-likeness (QED) is 0.569. The lowest BCUT2D eigenvalue weighted by Crippen LogP contribution is -2.30. The van der Waals surface area contributed by atoms with Gasteiger partial charge in [-0.15, -0.1) is 22.7 Å². The summed E-state index contributed by atoms with van der Waals surface area (Å²) < 4.78 is 6.18. The molecule has 7 heteroatoms. The first-order chi connectivity index (χ1) is 12.7. The smallest absolute Gasteiger partial charge is 0.131 e. The molecule has 0 bridgehead atoms. The fourth-order valence-corrected chi connectivity index (χ4v) is 4.46. The summed E-state index contributed by atoms with van der Waals surface area (Å²) in [5.41, 5.74) is 8.49. The first kappa shape index (κ1) is 19.3. The summed E-state index contributed by atoms with van der Waals surface area (Å²) in [6.07, 6.45) is 4.09. The van der Waals surface area contributed by atoms with E-state index in [1.165, 1.54) is 4.88 Å². The van der Waals surface area contributed by atoms with Gasteiger partial charge in [-0.2, -0.15) is 0 Å². The molecule has 3 aromatic heterocycles. The van der Waals surface area contributed by atoms with Crippen LogP contribution in [0.4, 0.5) is 5.69 Å². The fourth-order valence-electron chi connectivity index (χ4n) is 2.63. The van der Waals surface area contributed by atoms with Crippen molar-refractivity contribution in [1.82, 2.24) is 4.98 Å². The Kier molecular flexibility index (Phi) is 7.05. The second-order valence-corrected chi connectivity index (χ2v) is 8.27. The van der Waals surface area contributed by atoms with Crippen molar-refractivity contribution in [2.24, 2.45) is 5.73 Å². The maximum Gasteiger partial charge on any atom is 0.131 e. The summed E-state index contributed by atoms with van der Waals surface area (Å²) in [5, 5.41) is 8.06. The highest BCUT2D eigenvalue weighted by molar-refractivity contribution is 7.18. The molecular weight excluding hydrogens is 386 g/mol. The van der Waals surface area contributed by atoms with E-state index < -0.39 is 0 Å². The number of aromatic nitrogens is 1. The summed E-state index contributed by atoms with van der Waals surface area (Å²) >= 11 is 9.49. The van der Waals surface area contributed by atoms with Gasteiger partial charge in [0.25, 0.3) is 0 Å². The highest BCUT2D eigenvalue weighted by Gasteiger charge is 2.10. The van der Waals surface area contributed by atoms with Crippen molar-refractivity contribution < 1.29 is 4.74 Å². The maximum absolute atomic E-state index is 6.09. The number of hydrogen-bond acceptors (Lipinski definition) is 6. The predicted octanol–water partition coefficient (Wildman–Crippen LogP) is 5.39. The number of hydrogen-bond donors (Lipinski definition) is 2. The molecule has 4 heterocycles. The van der Waals surface area contributed by atoms with Crippen LogP contribution in [0.15, 0.2) is 35.5 Å². The standard InChI is InChI=1S/C14H11ClN2S2.C5H11NO/c1-2-9-8-19-14-11(6-12(15)17-13(9)14)16-7-10-4-3-5-18-10;6-5-2-1-3-7-4-5/h2-6,8H,1,7H2,(H,16,17);5H,1-4,6H2. The zero-order chi connectivity index (χ0) is 18.4. The van der Waals surface area contributed by atoms with Gasteiger partial charge in [0.2, 0.25) is 0 Å². The third kappa shape index (κ3) is 5.05. The Balaban J connectivity index is 0.000000236. The van der Waals surface area contributed by atoms with Gasteiger partial charge in [0.15, 0.2) is 0 Å². The molecule has 1 aliphatic rings. The van der Waals surface area contributed by atoms with E-state index >= 15 is 0 Å². The van der Waals surface area contributed by atoms with Gasteiger partial charge in [-0.1, -0.05) is 30.3 Å². The number of ether oxygens (including phenoxy) is 1. The Bertz CT molecular complexity index is 842. The van der Waals surface area contributed by atoms with Crippen molar-refractivity contribution >= 4 is 56.3 Å². The molecule has 1 unspecified atom stereocenters. The average Bonchev–Trinajstić information content (AvgIpc) is 3.30. The summed E-state index contributed by atoms with van der Waals surface area (Å²) in [5.74, 6) is 0. The largest absolute Gasteiger partial charge is 0.380 e. The lowest BCUT2D eigenvalue weighted by Gasteiger charge is -2.16. The minimum atomic E-state index is 0.314. The SMILES string of the molecule is C=Cc1csc2c(NCc3cccs3)cc(Cl)nc12.NC1CCCOC1. The van der Waals surface area contributed by atoms with Gasteiger partial charge in [0, 0.05) is 41.1 Å². The molecule has 0 radical (unpaired) electrons. The van der Waals surface area contributed by atoms with Crippen LogP contribution in [0.1, 0.15) is 23.3 Å². The summed E-state index contributed by atoms with van der Waals surface area (Å²) in [7, 11) is 0. The van der Waals surface area contributed by atoms with Crippen molar-refractivity contribution in [2.75, 3.05) is 18.5 Å². The molecular formula is C19H22ClN3OS2. The minimum absolute atomic E-state index is 0.314. The molecule has 4 nitrogen and oxygen atoms in total. The number of fused-ring (bicyclic) bond motifs is 1. The number of rotatable bonds is 4. The average molecular weight is 408 g/mol. The van der Waals surface area contributed by atoms with Crippen LogP contribution in [0.2, 0.25) is 5.15 Å². The van der Waals surface area contributed by atoms with Crippen molar-refractivity contribution in [2.45, 2.75) is 25.4 Å². The Hall–Kier alpha value is -1.44. The molecule has 1 fully saturated rings. The van der Waals surface area contributed by atoms with Crippen LogP contribution in [-0.4, -0.2) is 24.2 Å². The van der Waals surface area contributed by atoms with E-state index in [0.717, 1.165) is 54.1 Å². The maximum atomic E-state index is 6.09. The first-order valence-electron chi connectivity index (χ1n) is 8.47. The van der Waals surface area contributed by atoms with Gasteiger partial charge < -0.3 is 15.8 Å². The van der Waals surface area contributed by atoms with Gasteiger partial charge in [-0.3, -0.25) is 0 Å². The summed E-state index contributed by atoms with van der Waals surface area (Å²) in [4.78, 5) is 5.67. The molecule has 26 heavy (non-hydrogen) atoms. The highest BCUT2D eigenvalue weighted by Crippen LogP contribution is 2.33. The first-order valence-corrected chi connectivity index (χ1v) is 10.6. The Labute approximate surface area is 166 Å². The second-order valence-electron chi connectivity index (χ2n) is 5.98. The number of halogens is 1. The van der Waals surface area contributed by atoms with Crippen molar-refractivity contribution in [1.29, 1.82) is 0 Å². The normalized spacial score (nSPS) is 16.8. The van der Waals surface area contributed by atoms with Gasteiger partial charge in [-0.05, 0) is 24.3 Å². The monoisotopic (exact) mass is 407 g/mol. The number of thiophene rings is 2. The third-order valence-corrected chi connectivity index (χ3v) is 6.06. The van der Waals surface area contributed by atoms with E-state index in [4.69, 9.17) is 22.1 Å². The predicted molar refractivity (Wildman–Crippen MR) is 114 cm³/mol. The topological polar surface area (TPSA) is 60.2 Å². The van der Waals surface area contributed by atoms with Crippen molar-refractivity contribution in [3.8, 4) is 0 Å². The van der Waals surface area contributed by atoms with Crippen LogP contribution < -0.4 is 11.1 Å². The molecule has 0 saturated carbocycles. The van der Waals surface area contributed by atoms with Crippen LogP contribution in [0.5, 0.6) is 0 Å². The lowest BCUT2D eigenvalue weighted by molar-refractivity contribution is 0.0822. The zero-order valence-electron chi connectivity index (χ0n) is 14.4. The molecule has 4 rings (SSSR count). The number of pyridine rings is 1. The summed E-state index contributed by atoms with van der Waals surface area (Å²) in [6.45, 7) is 6.28. The minimum Gasteiger partial charge on any atom is -0.380 e. The number of nitrogens with one attached hydrogen (secondary N) is 1. The Morgan fingerprint density at radius 1 is 1.46 bits per heavy atom. The highest BCUT2D eigenvalue weighted by atomic mass is 35.5. The Morgan fingerprint density at radius 3 is 2.96 bits per heavy atom. The van der Waals surface area contributed by atoms with E-state index in [9.17, 15) is 0 Å². The van der Waals surface area contributed by atoms with Crippen LogP contribution in [0.25, 0.3) is 16.3 Å². The van der Waals surface area contributed by atoms with Crippen molar-refractivity contribution in [3.63, 3.8) is 0 Å². The van der Waals surface area contributed by atoms with Crippen LogP contribution in [-0.2, 0) is 11.3 Å². The van der Waals surface area contributed by atoms with Crippen LogP contribution >= 0.6 is 34.3 Å². The molecule has 3 N–H and O–H groups in total. The molecule has 0 amide bonds. The number of nitrogens with two attached hydrogens (primary N) is 1. The van der Waals surface area contributed by atoms with E-state index in [-0.39, 0.29) is 0 Å². The fraction of sp³-hybridized carbons (Fsp3) is 0.316. The molecule has 3 aromatic rings. The third-order valence-electron chi connectivity index (χ3n) is 3.97. The van der Waals surface area contributed by atoms with Crippen LogP contribution in [0.3, 0.4) is 0 Å². The van der Waals surface area contributed by atoms with Gasteiger partial charge in [-0.25, -0.2) is 4.98 Å². The number of nitrogens with zero attached hydrogens (tertiary/aromatic N) is 1. The Morgan fingerprint density at radius 2 is 2.35 bits per heavy atom. The van der Waals surface area contributed by atoms with Crippen molar-refractivity contribution in [3.05, 3.63) is 51.1 Å².